The Morgan fingerprint density at radius 1 is 1.11 bits per heavy atom. The van der Waals surface area contributed by atoms with E-state index in [9.17, 15) is 18.0 Å². The molecule has 1 saturated heterocycles. The number of hydrogen-bond donors (Lipinski definition) is 2. The summed E-state index contributed by atoms with van der Waals surface area (Å²) in [6.07, 6.45) is 3.05. The third kappa shape index (κ3) is 5.71. The molecule has 2 aromatic heterocycles. The number of aromatic nitrogens is 2. The smallest absolute Gasteiger partial charge is 0.264 e. The summed E-state index contributed by atoms with van der Waals surface area (Å²) in [6.45, 7) is 2.11. The molecule has 0 unspecified atom stereocenters. The molecule has 0 spiro atoms. The molecule has 194 valence electrons. The van der Waals surface area contributed by atoms with E-state index < -0.39 is 10.0 Å². The molecule has 2 aromatic carbocycles. The van der Waals surface area contributed by atoms with E-state index in [0.29, 0.717) is 35.0 Å². The zero-order valence-electron chi connectivity index (χ0n) is 20.2. The molecule has 0 bridgehead atoms. The second-order valence-corrected chi connectivity index (χ2v) is 11.2. The molecule has 2 N–H and O–H groups in total. The van der Waals surface area contributed by atoms with Gasteiger partial charge in [0.15, 0.2) is 0 Å². The predicted molar refractivity (Wildman–Crippen MR) is 143 cm³/mol. The molecule has 1 atom stereocenters. The fourth-order valence-electron chi connectivity index (χ4n) is 3.87. The Morgan fingerprint density at radius 2 is 1.87 bits per heavy atom. The van der Waals surface area contributed by atoms with Gasteiger partial charge in [-0.05, 0) is 67.1 Å². The summed E-state index contributed by atoms with van der Waals surface area (Å²) < 4.78 is 33.0. The van der Waals surface area contributed by atoms with E-state index in [1.807, 2.05) is 18.2 Å². The van der Waals surface area contributed by atoms with Gasteiger partial charge in [-0.2, -0.15) is 0 Å². The first-order valence-corrected chi connectivity index (χ1v) is 14.1. The Kier molecular flexibility index (Phi) is 7.16. The van der Waals surface area contributed by atoms with Crippen LogP contribution in [0.4, 0.5) is 11.6 Å². The molecular formula is C26H23N5O5S2. The summed E-state index contributed by atoms with van der Waals surface area (Å²) in [5, 5.41) is 2.60. The number of hydrogen-bond acceptors (Lipinski definition) is 8. The molecule has 38 heavy (non-hydrogen) atoms. The number of nitrogens with one attached hydrogen (secondary N) is 2. The second-order valence-electron chi connectivity index (χ2n) is 8.49. The summed E-state index contributed by atoms with van der Waals surface area (Å²) in [4.78, 5) is 34.9. The Balaban J connectivity index is 1.23. The summed E-state index contributed by atoms with van der Waals surface area (Å²) >= 11 is 1.53. The highest BCUT2D eigenvalue weighted by Crippen LogP contribution is 2.39. The SMILES string of the molecule is Cc1ccnc(NS(=O)(=O)c2ccc(NC(=O)c3ccc([C@H]4SCC(=O)N4Cc4ccco4)cc3)cc2)n1. The van der Waals surface area contributed by atoms with Crippen LogP contribution in [-0.4, -0.2) is 40.9 Å². The molecular weight excluding hydrogens is 526 g/mol. The number of carbonyl (C=O) groups excluding carboxylic acids is 2. The van der Waals surface area contributed by atoms with E-state index in [2.05, 4.69) is 20.0 Å². The maximum absolute atomic E-state index is 12.8. The van der Waals surface area contributed by atoms with Crippen molar-refractivity contribution in [3.63, 3.8) is 0 Å². The number of amides is 2. The largest absolute Gasteiger partial charge is 0.467 e. The molecule has 2 amide bonds. The van der Waals surface area contributed by atoms with Gasteiger partial charge in [-0.1, -0.05) is 12.1 Å². The number of aryl methyl sites for hydroxylation is 1. The van der Waals surface area contributed by atoms with Gasteiger partial charge in [0.05, 0.1) is 23.5 Å². The van der Waals surface area contributed by atoms with E-state index >= 15 is 0 Å². The van der Waals surface area contributed by atoms with E-state index in [0.717, 1.165) is 5.56 Å². The fourth-order valence-corrected chi connectivity index (χ4v) is 6.01. The lowest BCUT2D eigenvalue weighted by Gasteiger charge is -2.23. The number of thioether (sulfide) groups is 1. The number of sulfonamides is 1. The Hall–Kier alpha value is -4.16. The van der Waals surface area contributed by atoms with Crippen molar-refractivity contribution in [2.75, 3.05) is 15.8 Å². The Bertz CT molecular complexity index is 1560. The van der Waals surface area contributed by atoms with Crippen LogP contribution in [0.15, 0.2) is 88.5 Å². The highest BCUT2D eigenvalue weighted by atomic mass is 32.2. The van der Waals surface area contributed by atoms with Crippen molar-refractivity contribution in [2.45, 2.75) is 23.7 Å². The first-order valence-electron chi connectivity index (χ1n) is 11.6. The van der Waals surface area contributed by atoms with Crippen LogP contribution in [0, 0.1) is 6.92 Å². The topological polar surface area (TPSA) is 134 Å². The second kappa shape index (κ2) is 10.7. The fraction of sp³-hybridized carbons (Fsp3) is 0.154. The van der Waals surface area contributed by atoms with Crippen LogP contribution >= 0.6 is 11.8 Å². The van der Waals surface area contributed by atoms with Gasteiger partial charge in [-0.25, -0.2) is 23.1 Å². The average molecular weight is 550 g/mol. The molecule has 0 saturated carbocycles. The number of carbonyl (C=O) groups is 2. The van der Waals surface area contributed by atoms with Crippen LogP contribution in [-0.2, 0) is 21.4 Å². The molecule has 4 aromatic rings. The van der Waals surface area contributed by atoms with E-state index in [-0.39, 0.29) is 28.0 Å². The lowest BCUT2D eigenvalue weighted by molar-refractivity contribution is -0.128. The van der Waals surface area contributed by atoms with Crippen LogP contribution < -0.4 is 10.0 Å². The van der Waals surface area contributed by atoms with Gasteiger partial charge in [0.1, 0.15) is 11.1 Å². The first-order chi connectivity index (χ1) is 18.3. The van der Waals surface area contributed by atoms with Crippen molar-refractivity contribution >= 4 is 45.2 Å². The zero-order valence-corrected chi connectivity index (χ0v) is 21.8. The average Bonchev–Trinajstić information content (AvgIpc) is 3.54. The third-order valence-corrected chi connectivity index (χ3v) is 8.38. The minimum atomic E-state index is -3.89. The van der Waals surface area contributed by atoms with Gasteiger partial charge in [0.2, 0.25) is 11.9 Å². The third-order valence-electron chi connectivity index (χ3n) is 5.78. The maximum atomic E-state index is 12.8. The van der Waals surface area contributed by atoms with Crippen molar-refractivity contribution in [2.24, 2.45) is 0 Å². The number of rotatable bonds is 8. The van der Waals surface area contributed by atoms with Crippen molar-refractivity contribution < 1.29 is 22.4 Å². The van der Waals surface area contributed by atoms with Gasteiger partial charge in [0.25, 0.3) is 15.9 Å². The first kappa shape index (κ1) is 25.5. The van der Waals surface area contributed by atoms with Crippen LogP contribution in [0.2, 0.25) is 0 Å². The van der Waals surface area contributed by atoms with Crippen molar-refractivity contribution in [3.05, 3.63) is 102 Å². The lowest BCUT2D eigenvalue weighted by atomic mass is 10.1. The number of benzene rings is 2. The number of anilines is 2. The van der Waals surface area contributed by atoms with Gasteiger partial charge < -0.3 is 14.6 Å². The summed E-state index contributed by atoms with van der Waals surface area (Å²) in [5.74, 6) is 0.758. The zero-order chi connectivity index (χ0) is 26.7. The molecule has 0 radical (unpaired) electrons. The molecule has 12 heteroatoms. The maximum Gasteiger partial charge on any atom is 0.264 e. The lowest BCUT2D eigenvalue weighted by Crippen LogP contribution is -2.27. The quantitative estimate of drug-likeness (QED) is 0.334. The molecule has 3 heterocycles. The van der Waals surface area contributed by atoms with Crippen molar-refractivity contribution in [1.82, 2.24) is 14.9 Å². The minimum absolute atomic E-state index is 0.00710. The van der Waals surface area contributed by atoms with Crippen LogP contribution in [0.1, 0.15) is 32.7 Å². The van der Waals surface area contributed by atoms with Gasteiger partial charge in [-0.3, -0.25) is 9.59 Å². The number of nitrogens with zero attached hydrogens (tertiary/aromatic N) is 3. The van der Waals surface area contributed by atoms with E-state index in [1.54, 1.807) is 42.4 Å². The molecule has 0 aliphatic carbocycles. The summed E-state index contributed by atoms with van der Waals surface area (Å²) in [6, 6.07) is 18.1. The van der Waals surface area contributed by atoms with Crippen LogP contribution in [0.5, 0.6) is 0 Å². The summed E-state index contributed by atoms with van der Waals surface area (Å²) in [5.41, 5.74) is 2.40. The molecule has 10 nitrogen and oxygen atoms in total. The molecule has 5 rings (SSSR count). The standard InChI is InChI=1S/C26H23N5O5S2/c1-17-12-13-27-26(28-17)30-38(34,35)22-10-8-20(9-11-22)29-24(33)18-4-6-19(7-5-18)25-31(23(32)16-37-25)15-21-3-2-14-36-21/h2-14,25H,15-16H2,1H3,(H,29,33)(H,27,28,30)/t25-/m1/s1. The van der Waals surface area contributed by atoms with Crippen molar-refractivity contribution in [1.29, 1.82) is 0 Å². The van der Waals surface area contributed by atoms with E-state index in [4.69, 9.17) is 4.42 Å². The molecule has 1 fully saturated rings. The Morgan fingerprint density at radius 3 is 2.55 bits per heavy atom. The van der Waals surface area contributed by atoms with Gasteiger partial charge >= 0.3 is 0 Å². The van der Waals surface area contributed by atoms with Crippen LogP contribution in [0.25, 0.3) is 0 Å². The van der Waals surface area contributed by atoms with Gasteiger partial charge in [-0.15, -0.1) is 11.8 Å². The highest BCUT2D eigenvalue weighted by molar-refractivity contribution is 8.00. The molecule has 1 aliphatic rings. The monoisotopic (exact) mass is 549 g/mol. The normalized spacial score (nSPS) is 15.4. The Labute approximate surface area is 223 Å². The van der Waals surface area contributed by atoms with Gasteiger partial charge in [0, 0.05) is 23.1 Å². The van der Waals surface area contributed by atoms with Crippen molar-refractivity contribution in [3.8, 4) is 0 Å². The highest BCUT2D eigenvalue weighted by Gasteiger charge is 2.33. The van der Waals surface area contributed by atoms with E-state index in [1.165, 1.54) is 42.2 Å². The molecule has 1 aliphatic heterocycles. The minimum Gasteiger partial charge on any atom is -0.467 e. The number of furan rings is 1. The summed E-state index contributed by atoms with van der Waals surface area (Å²) in [7, 11) is -3.89. The predicted octanol–water partition coefficient (Wildman–Crippen LogP) is 4.21. The van der Waals surface area contributed by atoms with Crippen LogP contribution in [0.3, 0.4) is 0 Å².